The largest absolute Gasteiger partial charge is 0.493 e. The smallest absolute Gasteiger partial charge is 0.162 e. The molecular weight excluding hydrogens is 318 g/mol. The van der Waals surface area contributed by atoms with Crippen LogP contribution in [0.15, 0.2) is 24.3 Å². The molecule has 0 spiro atoms. The quantitative estimate of drug-likeness (QED) is 0.673. The number of rotatable bonds is 4. The molecule has 0 saturated heterocycles. The zero-order valence-corrected chi connectivity index (χ0v) is 14.0. The molecule has 0 bridgehead atoms. The van der Waals surface area contributed by atoms with E-state index in [1.165, 1.54) is 0 Å². The van der Waals surface area contributed by atoms with Crippen LogP contribution >= 0.6 is 11.6 Å². The van der Waals surface area contributed by atoms with Crippen molar-refractivity contribution in [1.82, 2.24) is 4.98 Å². The highest BCUT2D eigenvalue weighted by atomic mass is 35.5. The van der Waals surface area contributed by atoms with Crippen molar-refractivity contribution >= 4 is 33.4 Å². The van der Waals surface area contributed by atoms with Gasteiger partial charge in [-0.15, -0.1) is 0 Å². The first-order valence-corrected chi connectivity index (χ1v) is 7.27. The van der Waals surface area contributed by atoms with Crippen molar-refractivity contribution in [2.45, 2.75) is 0 Å². The van der Waals surface area contributed by atoms with Crippen molar-refractivity contribution in [2.24, 2.45) is 0 Å². The van der Waals surface area contributed by atoms with Gasteiger partial charge in [0.25, 0.3) is 0 Å². The molecule has 2 aromatic carbocycles. The maximum Gasteiger partial charge on any atom is 0.162 e. The van der Waals surface area contributed by atoms with Gasteiger partial charge < -0.3 is 18.9 Å². The van der Waals surface area contributed by atoms with E-state index in [4.69, 9.17) is 30.5 Å². The molecular formula is C17H16ClNO4. The molecule has 0 amide bonds. The molecule has 5 nitrogen and oxygen atoms in total. The molecule has 0 N–H and O–H groups in total. The summed E-state index contributed by atoms with van der Waals surface area (Å²) in [4.78, 5) is 4.65. The number of methoxy groups -OCH3 is 4. The number of fused-ring (bicyclic) bond motifs is 2. The highest BCUT2D eigenvalue weighted by Crippen LogP contribution is 2.40. The van der Waals surface area contributed by atoms with E-state index in [0.717, 1.165) is 10.8 Å². The summed E-state index contributed by atoms with van der Waals surface area (Å²) in [6.07, 6.45) is 0. The van der Waals surface area contributed by atoms with Crippen molar-refractivity contribution in [3.05, 3.63) is 29.3 Å². The lowest BCUT2D eigenvalue weighted by Gasteiger charge is -2.13. The van der Waals surface area contributed by atoms with Crippen molar-refractivity contribution in [3.63, 3.8) is 0 Å². The van der Waals surface area contributed by atoms with Gasteiger partial charge in [-0.1, -0.05) is 11.6 Å². The topological polar surface area (TPSA) is 49.8 Å². The van der Waals surface area contributed by atoms with Gasteiger partial charge in [0.1, 0.15) is 0 Å². The van der Waals surface area contributed by atoms with E-state index in [-0.39, 0.29) is 0 Å². The van der Waals surface area contributed by atoms with E-state index in [1.807, 2.05) is 12.1 Å². The van der Waals surface area contributed by atoms with Crippen molar-refractivity contribution in [3.8, 4) is 23.0 Å². The van der Waals surface area contributed by atoms with E-state index in [1.54, 1.807) is 40.6 Å². The zero-order valence-electron chi connectivity index (χ0n) is 13.3. The highest BCUT2D eigenvalue weighted by molar-refractivity contribution is 6.40. The Morgan fingerprint density at radius 3 is 1.35 bits per heavy atom. The molecule has 1 heterocycles. The number of benzene rings is 2. The monoisotopic (exact) mass is 333 g/mol. The second-order valence-electron chi connectivity index (χ2n) is 4.87. The Morgan fingerprint density at radius 1 is 0.652 bits per heavy atom. The summed E-state index contributed by atoms with van der Waals surface area (Å²) in [6.45, 7) is 0. The fraction of sp³-hybridized carbons (Fsp3) is 0.235. The molecule has 0 aliphatic carbocycles. The van der Waals surface area contributed by atoms with Gasteiger partial charge in [-0.25, -0.2) is 4.98 Å². The average molecular weight is 334 g/mol. The van der Waals surface area contributed by atoms with E-state index in [9.17, 15) is 0 Å². The van der Waals surface area contributed by atoms with Crippen LogP contribution in [0.4, 0.5) is 0 Å². The van der Waals surface area contributed by atoms with E-state index < -0.39 is 0 Å². The second kappa shape index (κ2) is 6.01. The Morgan fingerprint density at radius 2 is 1.00 bits per heavy atom. The maximum absolute atomic E-state index is 6.59. The molecule has 1 aromatic heterocycles. The van der Waals surface area contributed by atoms with Crippen LogP contribution in [-0.4, -0.2) is 33.4 Å². The molecule has 23 heavy (non-hydrogen) atoms. The van der Waals surface area contributed by atoms with Gasteiger partial charge in [-0.3, -0.25) is 0 Å². The lowest BCUT2D eigenvalue weighted by atomic mass is 10.1. The second-order valence-corrected chi connectivity index (χ2v) is 5.25. The number of halogens is 1. The lowest BCUT2D eigenvalue weighted by molar-refractivity contribution is 0.355. The molecule has 0 radical (unpaired) electrons. The first-order chi connectivity index (χ1) is 11.1. The molecule has 120 valence electrons. The molecule has 3 aromatic rings. The number of aromatic nitrogens is 1. The van der Waals surface area contributed by atoms with E-state index in [0.29, 0.717) is 39.1 Å². The van der Waals surface area contributed by atoms with E-state index >= 15 is 0 Å². The molecule has 6 heteroatoms. The summed E-state index contributed by atoms with van der Waals surface area (Å²) in [5.41, 5.74) is 1.43. The molecule has 0 aliphatic heterocycles. The van der Waals surface area contributed by atoms with Crippen LogP contribution in [0, 0.1) is 0 Å². The Labute approximate surface area is 138 Å². The van der Waals surface area contributed by atoms with Crippen molar-refractivity contribution in [2.75, 3.05) is 28.4 Å². The summed E-state index contributed by atoms with van der Waals surface area (Å²) in [7, 11) is 6.33. The summed E-state index contributed by atoms with van der Waals surface area (Å²) in [5.74, 6) is 2.40. The molecule has 0 aliphatic rings. The average Bonchev–Trinajstić information content (AvgIpc) is 2.59. The lowest BCUT2D eigenvalue weighted by Crippen LogP contribution is -1.94. The molecule has 0 atom stereocenters. The Kier molecular flexibility index (Phi) is 4.05. The Balaban J connectivity index is 2.39. The first kappa shape index (κ1) is 15.5. The SMILES string of the molecule is COc1cc2nc3cc(OC)c(OC)cc3c(Cl)c2cc1OC. The summed E-state index contributed by atoms with van der Waals surface area (Å²) in [5, 5.41) is 2.14. The minimum Gasteiger partial charge on any atom is -0.493 e. The molecule has 0 fully saturated rings. The van der Waals surface area contributed by atoms with Gasteiger partial charge in [0.05, 0.1) is 44.5 Å². The van der Waals surface area contributed by atoms with Gasteiger partial charge >= 0.3 is 0 Å². The number of hydrogen-bond donors (Lipinski definition) is 0. The summed E-state index contributed by atoms with van der Waals surface area (Å²) < 4.78 is 21.3. The third kappa shape index (κ3) is 2.47. The standard InChI is InChI=1S/C17H16ClNO4/c1-20-13-5-9-11(7-15(13)22-3)19-12-8-16(23-4)14(21-2)6-10(12)17(9)18/h5-8H,1-4H3. The zero-order chi connectivity index (χ0) is 16.6. The Hall–Kier alpha value is -2.40. The first-order valence-electron chi connectivity index (χ1n) is 6.90. The van der Waals surface area contributed by atoms with Gasteiger partial charge in [0.15, 0.2) is 23.0 Å². The summed E-state index contributed by atoms with van der Waals surface area (Å²) >= 11 is 6.59. The van der Waals surface area contributed by atoms with E-state index in [2.05, 4.69) is 4.98 Å². The molecule has 0 saturated carbocycles. The van der Waals surface area contributed by atoms with Crippen LogP contribution in [-0.2, 0) is 0 Å². The number of nitrogens with zero attached hydrogens (tertiary/aromatic N) is 1. The minimum absolute atomic E-state index is 0.576. The predicted octanol–water partition coefficient (Wildman–Crippen LogP) is 4.08. The van der Waals surface area contributed by atoms with Gasteiger partial charge in [-0.2, -0.15) is 0 Å². The number of pyridine rings is 1. The number of hydrogen-bond acceptors (Lipinski definition) is 5. The van der Waals surface area contributed by atoms with Crippen LogP contribution in [0.1, 0.15) is 0 Å². The molecule has 3 rings (SSSR count). The fourth-order valence-electron chi connectivity index (χ4n) is 2.55. The van der Waals surface area contributed by atoms with Crippen LogP contribution in [0.3, 0.4) is 0 Å². The third-order valence-corrected chi connectivity index (χ3v) is 4.12. The Bertz CT molecular complexity index is 825. The van der Waals surface area contributed by atoms with Crippen LogP contribution < -0.4 is 18.9 Å². The normalized spacial score (nSPS) is 10.8. The number of ether oxygens (including phenoxy) is 4. The van der Waals surface area contributed by atoms with Gasteiger partial charge in [0, 0.05) is 22.9 Å². The van der Waals surface area contributed by atoms with Gasteiger partial charge in [0.2, 0.25) is 0 Å². The van der Waals surface area contributed by atoms with Crippen LogP contribution in [0.2, 0.25) is 5.02 Å². The van der Waals surface area contributed by atoms with Crippen molar-refractivity contribution in [1.29, 1.82) is 0 Å². The van der Waals surface area contributed by atoms with Crippen molar-refractivity contribution < 1.29 is 18.9 Å². The fourth-order valence-corrected chi connectivity index (χ4v) is 2.85. The van der Waals surface area contributed by atoms with Crippen LogP contribution in [0.5, 0.6) is 23.0 Å². The highest BCUT2D eigenvalue weighted by Gasteiger charge is 2.15. The van der Waals surface area contributed by atoms with Crippen LogP contribution in [0.25, 0.3) is 21.8 Å². The predicted molar refractivity (Wildman–Crippen MR) is 90.5 cm³/mol. The minimum atomic E-state index is 0.576. The maximum atomic E-state index is 6.59. The van der Waals surface area contributed by atoms with Gasteiger partial charge in [-0.05, 0) is 12.1 Å². The summed E-state index contributed by atoms with van der Waals surface area (Å²) in [6, 6.07) is 7.24. The third-order valence-electron chi connectivity index (χ3n) is 3.72. The molecule has 0 unspecified atom stereocenters.